The van der Waals surface area contributed by atoms with Crippen LogP contribution < -0.4 is 5.73 Å². The largest absolute Gasteiger partial charge is 0.381 e. The Morgan fingerprint density at radius 3 is 2.64 bits per heavy atom. The number of aromatic nitrogens is 2. The molecule has 0 fully saturated rings. The van der Waals surface area contributed by atoms with E-state index in [0.29, 0.717) is 11.5 Å². The topological polar surface area (TPSA) is 43.8 Å². The van der Waals surface area contributed by atoms with E-state index in [4.69, 9.17) is 5.73 Å². The number of halogens is 2. The highest BCUT2D eigenvalue weighted by atomic mass is 127. The molecule has 0 unspecified atom stereocenters. The van der Waals surface area contributed by atoms with Crippen molar-refractivity contribution in [3.63, 3.8) is 0 Å². The van der Waals surface area contributed by atoms with E-state index in [9.17, 15) is 4.39 Å². The second-order valence-corrected chi connectivity index (χ2v) is 3.92. The van der Waals surface area contributed by atoms with Crippen LogP contribution in [-0.4, -0.2) is 9.78 Å². The summed E-state index contributed by atoms with van der Waals surface area (Å²) < 4.78 is 15.6. The van der Waals surface area contributed by atoms with E-state index in [1.165, 1.54) is 10.7 Å². The lowest BCUT2D eigenvalue weighted by Crippen LogP contribution is -1.98. The minimum Gasteiger partial charge on any atom is -0.381 e. The number of nitrogens with zero attached hydrogens (tertiary/aromatic N) is 2. The Morgan fingerprint density at radius 1 is 1.36 bits per heavy atom. The normalized spacial score (nSPS) is 10.4. The summed E-state index contributed by atoms with van der Waals surface area (Å²) in [4.78, 5) is 0. The van der Waals surface area contributed by atoms with Crippen LogP contribution in [0.1, 0.15) is 0 Å². The number of nitrogen functional groups attached to an aromatic ring is 1. The minimum absolute atomic E-state index is 0.314. The van der Waals surface area contributed by atoms with E-state index < -0.39 is 0 Å². The standard InChI is InChI=1S/C9H7FIN3/c10-6-3-1-2-4-8(6)14-5-7(11)9(12)13-14/h1-5H,(H2,12,13). The van der Waals surface area contributed by atoms with Crippen molar-refractivity contribution < 1.29 is 4.39 Å². The quantitative estimate of drug-likeness (QED) is 0.821. The maximum atomic E-state index is 13.3. The Hall–Kier alpha value is -1.11. The molecule has 72 valence electrons. The van der Waals surface area contributed by atoms with Crippen molar-refractivity contribution in [2.24, 2.45) is 0 Å². The molecule has 0 saturated heterocycles. The van der Waals surface area contributed by atoms with E-state index in [-0.39, 0.29) is 5.82 Å². The van der Waals surface area contributed by atoms with Crippen molar-refractivity contribution in [2.75, 3.05) is 5.73 Å². The Kier molecular flexibility index (Phi) is 2.40. The van der Waals surface area contributed by atoms with Gasteiger partial charge in [0.05, 0.1) is 3.57 Å². The molecule has 0 spiro atoms. The van der Waals surface area contributed by atoms with Crippen LogP contribution in [0.25, 0.3) is 5.69 Å². The summed E-state index contributed by atoms with van der Waals surface area (Å²) >= 11 is 2.05. The number of benzene rings is 1. The fraction of sp³-hybridized carbons (Fsp3) is 0. The smallest absolute Gasteiger partial charge is 0.159 e. The average Bonchev–Trinajstić information content (AvgIpc) is 2.48. The highest BCUT2D eigenvalue weighted by Gasteiger charge is 2.07. The van der Waals surface area contributed by atoms with E-state index in [1.807, 2.05) is 0 Å². The summed E-state index contributed by atoms with van der Waals surface area (Å²) in [5, 5.41) is 3.99. The predicted octanol–water partition coefficient (Wildman–Crippen LogP) is 2.20. The first-order valence-corrected chi connectivity index (χ1v) is 5.02. The number of nitrogens with two attached hydrogens (primary N) is 1. The second-order valence-electron chi connectivity index (χ2n) is 2.76. The summed E-state index contributed by atoms with van der Waals surface area (Å²) in [6.07, 6.45) is 1.69. The van der Waals surface area contributed by atoms with Crippen molar-refractivity contribution >= 4 is 28.4 Å². The maximum absolute atomic E-state index is 13.3. The van der Waals surface area contributed by atoms with Crippen LogP contribution in [0.4, 0.5) is 10.2 Å². The van der Waals surface area contributed by atoms with Gasteiger partial charge in [0.25, 0.3) is 0 Å². The number of rotatable bonds is 1. The van der Waals surface area contributed by atoms with Gasteiger partial charge in [0.2, 0.25) is 0 Å². The van der Waals surface area contributed by atoms with Crippen molar-refractivity contribution in [3.8, 4) is 5.69 Å². The fourth-order valence-electron chi connectivity index (χ4n) is 1.13. The predicted molar refractivity (Wildman–Crippen MR) is 60.7 cm³/mol. The van der Waals surface area contributed by atoms with Gasteiger partial charge < -0.3 is 5.73 Å². The van der Waals surface area contributed by atoms with Crippen LogP contribution in [0.2, 0.25) is 0 Å². The molecule has 3 nitrogen and oxygen atoms in total. The van der Waals surface area contributed by atoms with Gasteiger partial charge in [0, 0.05) is 6.20 Å². The molecule has 2 rings (SSSR count). The molecule has 2 N–H and O–H groups in total. The third-order valence-electron chi connectivity index (χ3n) is 1.80. The van der Waals surface area contributed by atoms with Gasteiger partial charge in [-0.05, 0) is 34.7 Å². The zero-order valence-corrected chi connectivity index (χ0v) is 9.27. The molecule has 0 aliphatic carbocycles. The summed E-state index contributed by atoms with van der Waals surface area (Å²) in [5.74, 6) is 0.0975. The summed E-state index contributed by atoms with van der Waals surface area (Å²) in [6.45, 7) is 0. The Labute approximate surface area is 93.9 Å². The van der Waals surface area contributed by atoms with Gasteiger partial charge in [-0.2, -0.15) is 0 Å². The molecule has 0 saturated carbocycles. The summed E-state index contributed by atoms with van der Waals surface area (Å²) in [6, 6.07) is 6.43. The van der Waals surface area contributed by atoms with Crippen molar-refractivity contribution in [1.82, 2.24) is 9.78 Å². The molecule has 0 bridgehead atoms. The van der Waals surface area contributed by atoms with Crippen LogP contribution in [-0.2, 0) is 0 Å². The Balaban J connectivity index is 2.55. The van der Waals surface area contributed by atoms with Crippen molar-refractivity contribution in [3.05, 3.63) is 39.8 Å². The molecular formula is C9H7FIN3. The third-order valence-corrected chi connectivity index (χ3v) is 2.63. The molecule has 1 heterocycles. The van der Waals surface area contributed by atoms with Crippen molar-refractivity contribution in [2.45, 2.75) is 0 Å². The summed E-state index contributed by atoms with van der Waals surface area (Å²) in [7, 11) is 0. The summed E-state index contributed by atoms with van der Waals surface area (Å²) in [5.41, 5.74) is 5.97. The molecule has 0 radical (unpaired) electrons. The first-order chi connectivity index (χ1) is 6.68. The van der Waals surface area contributed by atoms with Gasteiger partial charge in [-0.3, -0.25) is 0 Å². The number of para-hydroxylation sites is 1. The fourth-order valence-corrected chi connectivity index (χ4v) is 1.50. The van der Waals surface area contributed by atoms with Crippen LogP contribution in [0, 0.1) is 9.39 Å². The molecule has 14 heavy (non-hydrogen) atoms. The van der Waals surface area contributed by atoms with Gasteiger partial charge >= 0.3 is 0 Å². The van der Waals surface area contributed by atoms with Gasteiger partial charge in [0.1, 0.15) is 11.5 Å². The lowest BCUT2D eigenvalue weighted by Gasteiger charge is -2.00. The van der Waals surface area contributed by atoms with Crippen LogP contribution >= 0.6 is 22.6 Å². The van der Waals surface area contributed by atoms with Gasteiger partial charge in [-0.15, -0.1) is 5.10 Å². The SMILES string of the molecule is Nc1nn(-c2ccccc2F)cc1I. The van der Waals surface area contributed by atoms with Crippen LogP contribution in [0.5, 0.6) is 0 Å². The zero-order chi connectivity index (χ0) is 10.1. The first-order valence-electron chi connectivity index (χ1n) is 3.94. The maximum Gasteiger partial charge on any atom is 0.159 e. The first kappa shape index (κ1) is 9.45. The molecule has 0 aliphatic heterocycles. The lowest BCUT2D eigenvalue weighted by atomic mass is 10.3. The molecule has 1 aromatic heterocycles. The molecule has 0 atom stereocenters. The molecule has 0 amide bonds. The number of anilines is 1. The third kappa shape index (κ3) is 1.59. The van der Waals surface area contributed by atoms with Gasteiger partial charge in [-0.25, -0.2) is 9.07 Å². The lowest BCUT2D eigenvalue weighted by molar-refractivity contribution is 0.611. The van der Waals surface area contributed by atoms with E-state index in [2.05, 4.69) is 27.7 Å². The second kappa shape index (κ2) is 3.56. The van der Waals surface area contributed by atoms with Crippen LogP contribution in [0.3, 0.4) is 0 Å². The van der Waals surface area contributed by atoms with E-state index in [1.54, 1.807) is 24.4 Å². The number of hydrogen-bond donors (Lipinski definition) is 1. The van der Waals surface area contributed by atoms with Gasteiger partial charge in [-0.1, -0.05) is 12.1 Å². The minimum atomic E-state index is -0.314. The number of hydrogen-bond acceptors (Lipinski definition) is 2. The highest BCUT2D eigenvalue weighted by Crippen LogP contribution is 2.17. The zero-order valence-electron chi connectivity index (χ0n) is 7.11. The highest BCUT2D eigenvalue weighted by molar-refractivity contribution is 14.1. The Morgan fingerprint density at radius 2 is 2.07 bits per heavy atom. The van der Waals surface area contributed by atoms with E-state index in [0.717, 1.165) is 3.57 Å². The van der Waals surface area contributed by atoms with Crippen LogP contribution in [0.15, 0.2) is 30.5 Å². The molecule has 2 aromatic rings. The van der Waals surface area contributed by atoms with Gasteiger partial charge in [0.15, 0.2) is 5.82 Å². The Bertz CT molecular complexity index is 447. The monoisotopic (exact) mass is 303 g/mol. The molecular weight excluding hydrogens is 296 g/mol. The van der Waals surface area contributed by atoms with E-state index >= 15 is 0 Å². The van der Waals surface area contributed by atoms with Crippen molar-refractivity contribution in [1.29, 1.82) is 0 Å². The molecule has 5 heteroatoms. The molecule has 0 aliphatic rings. The molecule has 1 aromatic carbocycles. The average molecular weight is 303 g/mol.